The summed E-state index contributed by atoms with van der Waals surface area (Å²) in [6, 6.07) is 11.1. The van der Waals surface area contributed by atoms with Crippen LogP contribution in [0.15, 0.2) is 46.6 Å². The molecule has 3 aromatic rings. The Morgan fingerprint density at radius 1 is 1.06 bits per heavy atom. The minimum absolute atomic E-state index is 0.404. The Morgan fingerprint density at radius 2 is 1.72 bits per heavy atom. The fraction of sp³-hybridized carbons (Fsp3) is 0.278. The molecule has 1 aromatic heterocycles. The van der Waals surface area contributed by atoms with E-state index in [1.165, 1.54) is 11.3 Å². The molecule has 0 atom stereocenters. The summed E-state index contributed by atoms with van der Waals surface area (Å²) >= 11 is 1.49. The van der Waals surface area contributed by atoms with Crippen LogP contribution in [0, 0.1) is 6.92 Å². The number of sulfonamides is 1. The Labute approximate surface area is 190 Å². The summed E-state index contributed by atoms with van der Waals surface area (Å²) in [5.41, 5.74) is 2.77. The monoisotopic (exact) mass is 502 g/mol. The zero-order chi connectivity index (χ0) is 24.1. The maximum atomic E-state index is 11.6. The van der Waals surface area contributed by atoms with Crippen LogP contribution in [0.5, 0.6) is 5.75 Å². The number of azo groups is 1. The van der Waals surface area contributed by atoms with Gasteiger partial charge in [0.2, 0.25) is 20.4 Å². The number of thiazole rings is 1. The van der Waals surface area contributed by atoms with E-state index in [0.29, 0.717) is 16.5 Å². The molecule has 0 bridgehead atoms. The van der Waals surface area contributed by atoms with Crippen molar-refractivity contribution >= 4 is 58.5 Å². The van der Waals surface area contributed by atoms with E-state index in [9.17, 15) is 21.4 Å². The minimum Gasteiger partial charge on any atom is -0.726 e. The average molecular weight is 503 g/mol. The molecule has 0 fully saturated rings. The summed E-state index contributed by atoms with van der Waals surface area (Å²) in [4.78, 5) is 0. The van der Waals surface area contributed by atoms with E-state index in [-0.39, 0.29) is 0 Å². The largest absolute Gasteiger partial charge is 0.726 e. The van der Waals surface area contributed by atoms with Crippen LogP contribution in [0.3, 0.4) is 0 Å². The zero-order valence-corrected chi connectivity index (χ0v) is 20.3. The van der Waals surface area contributed by atoms with Crippen LogP contribution in [0.25, 0.3) is 10.2 Å². The van der Waals surface area contributed by atoms with Gasteiger partial charge in [0.25, 0.3) is 0 Å². The first kappa shape index (κ1) is 25.6. The van der Waals surface area contributed by atoms with Crippen LogP contribution < -0.4 is 14.0 Å². The lowest BCUT2D eigenvalue weighted by molar-refractivity contribution is -0.627. The Kier molecular flexibility index (Phi) is 8.25. The summed E-state index contributed by atoms with van der Waals surface area (Å²) in [6.45, 7) is 1.88. The number of hydrogen-bond donors (Lipinski definition) is 1. The smallest absolute Gasteiger partial charge is 0.409 e. The average Bonchev–Trinajstić information content (AvgIpc) is 3.01. The van der Waals surface area contributed by atoms with Crippen molar-refractivity contribution in [1.29, 1.82) is 0 Å². The first-order valence-corrected chi connectivity index (χ1v) is 12.9. The van der Waals surface area contributed by atoms with Crippen molar-refractivity contribution in [3.63, 3.8) is 0 Å². The molecular formula is C18H22N4O7S3. The quantitative estimate of drug-likeness (QED) is 0.235. The standard InChI is InChI=1S/C17H18N4O3S2.CH4O4S/c1-11-5-7-13(14(9-11)20-26(4,22)23)18-19-17-21(2)15-10-12(24-3)6-8-16(15)25-17;1-5-6(2,3)4/h5-10H,1-4H3;1H3,(H,2,3,4). The van der Waals surface area contributed by atoms with Crippen molar-refractivity contribution in [3.8, 4) is 5.75 Å². The number of benzene rings is 2. The lowest BCUT2D eigenvalue weighted by atomic mass is 10.2. The van der Waals surface area contributed by atoms with Gasteiger partial charge in [0.05, 0.1) is 43.0 Å². The number of aryl methyl sites for hydroxylation is 2. The van der Waals surface area contributed by atoms with Crippen molar-refractivity contribution in [2.45, 2.75) is 6.92 Å². The van der Waals surface area contributed by atoms with Gasteiger partial charge in [-0.3, -0.25) is 8.91 Å². The zero-order valence-electron chi connectivity index (χ0n) is 17.9. The molecule has 1 heterocycles. The highest BCUT2D eigenvalue weighted by Gasteiger charge is 2.17. The van der Waals surface area contributed by atoms with E-state index >= 15 is 0 Å². The lowest BCUT2D eigenvalue weighted by Crippen LogP contribution is -2.25. The minimum atomic E-state index is -4.41. The number of ether oxygens (including phenoxy) is 1. The van der Waals surface area contributed by atoms with Crippen molar-refractivity contribution < 1.29 is 34.9 Å². The van der Waals surface area contributed by atoms with Gasteiger partial charge in [0.15, 0.2) is 0 Å². The van der Waals surface area contributed by atoms with Gasteiger partial charge in [-0.15, -0.1) is 0 Å². The summed E-state index contributed by atoms with van der Waals surface area (Å²) in [6.07, 6.45) is 1.11. The maximum Gasteiger partial charge on any atom is 0.409 e. The Morgan fingerprint density at radius 3 is 2.28 bits per heavy atom. The second-order valence-corrected chi connectivity index (χ2v) is 10.4. The van der Waals surface area contributed by atoms with Gasteiger partial charge in [-0.2, -0.15) is 0 Å². The highest BCUT2D eigenvalue weighted by molar-refractivity contribution is 7.92. The molecule has 0 aliphatic heterocycles. The summed E-state index contributed by atoms with van der Waals surface area (Å²) in [5.74, 6) is 0.771. The Balaban J connectivity index is 0.000000534. The molecule has 0 aliphatic rings. The molecule has 14 heteroatoms. The van der Waals surface area contributed by atoms with Gasteiger partial charge in [-0.05, 0) is 53.2 Å². The van der Waals surface area contributed by atoms with E-state index in [4.69, 9.17) is 4.74 Å². The molecule has 0 aliphatic carbocycles. The summed E-state index contributed by atoms with van der Waals surface area (Å²) < 4.78 is 64.9. The van der Waals surface area contributed by atoms with E-state index in [1.807, 2.05) is 42.8 Å². The molecule has 0 unspecified atom stereocenters. The number of rotatable bonds is 6. The topological polar surface area (TPSA) is 150 Å². The molecule has 1 N–H and O–H groups in total. The van der Waals surface area contributed by atoms with Gasteiger partial charge >= 0.3 is 5.13 Å². The molecule has 2 aromatic carbocycles. The number of hydrogen-bond acceptors (Lipinski definition) is 10. The van der Waals surface area contributed by atoms with Gasteiger partial charge < -0.3 is 9.29 Å². The van der Waals surface area contributed by atoms with Crippen LogP contribution in [-0.4, -0.2) is 41.9 Å². The first-order chi connectivity index (χ1) is 14.8. The number of fused-ring (bicyclic) bond motifs is 1. The fourth-order valence-corrected chi connectivity index (χ4v) is 3.96. The molecule has 174 valence electrons. The van der Waals surface area contributed by atoms with Gasteiger partial charge in [-0.25, -0.2) is 21.4 Å². The third-order valence-electron chi connectivity index (χ3n) is 3.91. The van der Waals surface area contributed by atoms with E-state index in [2.05, 4.69) is 19.1 Å². The normalized spacial score (nSPS) is 11.9. The molecule has 32 heavy (non-hydrogen) atoms. The maximum absolute atomic E-state index is 11.6. The number of anilines is 1. The summed E-state index contributed by atoms with van der Waals surface area (Å²) in [5, 5.41) is 9.27. The second-order valence-electron chi connectivity index (χ2n) is 6.45. The predicted molar refractivity (Wildman–Crippen MR) is 120 cm³/mol. The molecule has 0 radical (unpaired) electrons. The second kappa shape index (κ2) is 10.3. The number of aromatic nitrogens is 1. The van der Waals surface area contributed by atoms with Crippen molar-refractivity contribution in [3.05, 3.63) is 42.0 Å². The van der Waals surface area contributed by atoms with Gasteiger partial charge in [0.1, 0.15) is 17.0 Å². The molecular weight excluding hydrogens is 480 g/mol. The molecule has 0 spiro atoms. The van der Waals surface area contributed by atoms with E-state index < -0.39 is 20.4 Å². The van der Waals surface area contributed by atoms with Crippen LogP contribution in [0.4, 0.5) is 16.5 Å². The van der Waals surface area contributed by atoms with Crippen LogP contribution >= 0.6 is 11.3 Å². The lowest BCUT2D eigenvalue weighted by Gasteiger charge is -2.06. The van der Waals surface area contributed by atoms with Gasteiger partial charge in [-0.1, -0.05) is 6.07 Å². The third-order valence-corrected chi connectivity index (χ3v) is 6.01. The van der Waals surface area contributed by atoms with Crippen molar-refractivity contribution in [2.75, 3.05) is 25.2 Å². The highest BCUT2D eigenvalue weighted by atomic mass is 32.3. The van der Waals surface area contributed by atoms with E-state index in [1.54, 1.807) is 19.2 Å². The number of methoxy groups -OCH3 is 1. The number of nitrogens with zero attached hydrogens (tertiary/aromatic N) is 3. The molecule has 0 saturated heterocycles. The Bertz CT molecular complexity index is 1350. The molecule has 3 rings (SSSR count). The first-order valence-electron chi connectivity index (χ1n) is 8.81. The third kappa shape index (κ3) is 7.49. The highest BCUT2D eigenvalue weighted by Crippen LogP contribution is 2.32. The van der Waals surface area contributed by atoms with Crippen LogP contribution in [-0.2, 0) is 31.7 Å². The Hall–Kier alpha value is -2.65. The molecule has 0 saturated carbocycles. The van der Waals surface area contributed by atoms with Gasteiger partial charge in [0, 0.05) is 6.07 Å². The SMILES string of the molecule is COS(=O)(=O)[O-].COc1ccc2sc(N=Nc3ccc(C)cc3NS(C)(=O)=O)[n+](C)c2c1. The predicted octanol–water partition coefficient (Wildman–Crippen LogP) is 2.92. The number of nitrogens with one attached hydrogen (secondary N) is 1. The molecule has 0 amide bonds. The fourth-order valence-electron chi connectivity index (χ4n) is 2.45. The van der Waals surface area contributed by atoms with Crippen molar-refractivity contribution in [2.24, 2.45) is 17.3 Å². The van der Waals surface area contributed by atoms with E-state index in [0.717, 1.165) is 34.9 Å². The van der Waals surface area contributed by atoms with Crippen LogP contribution in [0.1, 0.15) is 5.56 Å². The van der Waals surface area contributed by atoms with Crippen molar-refractivity contribution in [1.82, 2.24) is 0 Å². The van der Waals surface area contributed by atoms with Crippen LogP contribution in [0.2, 0.25) is 0 Å². The molecule has 11 nitrogen and oxygen atoms in total. The summed E-state index contributed by atoms with van der Waals surface area (Å²) in [7, 11) is -3.48.